The van der Waals surface area contributed by atoms with Crippen LogP contribution in [0.1, 0.15) is 110 Å². The molecule has 0 aromatic rings. The van der Waals surface area contributed by atoms with Gasteiger partial charge in [0, 0.05) is 0 Å². The Morgan fingerprint density at radius 3 is 1.90 bits per heavy atom. The molecule has 0 saturated carbocycles. The highest BCUT2D eigenvalue weighted by Crippen LogP contribution is 2.15. The Hall–Kier alpha value is -1.58. The number of esters is 1. The van der Waals surface area contributed by atoms with Crippen LogP contribution in [0.5, 0.6) is 0 Å². The minimum absolute atomic E-state index is 0.0737. The van der Waals surface area contributed by atoms with Gasteiger partial charge >= 0.3 is 11.9 Å². The molecule has 0 heterocycles. The molecule has 168 valence electrons. The number of carboxylic acid groups (broad SMARTS) is 1. The first kappa shape index (κ1) is 27.4. The number of unbranched alkanes of at least 4 members (excludes halogenated alkanes) is 12. The van der Waals surface area contributed by atoms with Crippen LogP contribution in [0, 0.1) is 5.92 Å². The predicted molar refractivity (Wildman–Crippen MR) is 121 cm³/mol. The van der Waals surface area contributed by atoms with E-state index >= 15 is 0 Å². The number of aliphatic carboxylic acids is 1. The SMILES string of the molecule is C=CCOC(=O)CC(CC/C=C/CCCCCCCCCCCCCC)C(=O)O. The number of hydrogen-bond donors (Lipinski definition) is 1. The van der Waals surface area contributed by atoms with Gasteiger partial charge in [0.2, 0.25) is 0 Å². The molecule has 0 saturated heterocycles. The van der Waals surface area contributed by atoms with E-state index in [0.717, 1.165) is 6.42 Å². The Labute approximate surface area is 178 Å². The standard InChI is InChI=1S/C25H44O4/c1-3-5-6-7-8-9-10-11-12-13-14-15-16-17-18-19-20-23(25(27)28)22-24(26)29-21-4-2/h4,17-18,23H,2-3,5-16,19-22H2,1H3,(H,27,28)/b18-17+. The lowest BCUT2D eigenvalue weighted by atomic mass is 9.99. The highest BCUT2D eigenvalue weighted by atomic mass is 16.5. The normalized spacial score (nSPS) is 12.2. The van der Waals surface area contributed by atoms with Crippen molar-refractivity contribution >= 4 is 11.9 Å². The highest BCUT2D eigenvalue weighted by molar-refractivity contribution is 5.78. The van der Waals surface area contributed by atoms with Gasteiger partial charge in [-0.25, -0.2) is 0 Å². The Balaban J connectivity index is 3.54. The van der Waals surface area contributed by atoms with Gasteiger partial charge in [0.25, 0.3) is 0 Å². The van der Waals surface area contributed by atoms with Crippen LogP contribution < -0.4 is 0 Å². The average molecular weight is 409 g/mol. The summed E-state index contributed by atoms with van der Waals surface area (Å²) in [7, 11) is 0. The number of carboxylic acids is 1. The van der Waals surface area contributed by atoms with Crippen molar-refractivity contribution in [2.24, 2.45) is 5.92 Å². The number of carbonyl (C=O) groups excluding carboxylic acids is 1. The fourth-order valence-electron chi connectivity index (χ4n) is 3.36. The largest absolute Gasteiger partial charge is 0.481 e. The molecule has 1 N–H and O–H groups in total. The molecule has 0 fully saturated rings. The highest BCUT2D eigenvalue weighted by Gasteiger charge is 2.21. The Kier molecular flexibility index (Phi) is 20.0. The molecule has 4 nitrogen and oxygen atoms in total. The third-order valence-corrected chi connectivity index (χ3v) is 5.20. The smallest absolute Gasteiger partial charge is 0.307 e. The fourth-order valence-corrected chi connectivity index (χ4v) is 3.36. The summed E-state index contributed by atoms with van der Waals surface area (Å²) in [4.78, 5) is 22.8. The van der Waals surface area contributed by atoms with Crippen molar-refractivity contribution in [2.75, 3.05) is 6.61 Å². The predicted octanol–water partition coefficient (Wildman–Crippen LogP) is 7.23. The van der Waals surface area contributed by atoms with E-state index in [4.69, 9.17) is 4.74 Å². The number of ether oxygens (including phenoxy) is 1. The van der Waals surface area contributed by atoms with Crippen LogP contribution in [0.3, 0.4) is 0 Å². The van der Waals surface area contributed by atoms with E-state index < -0.39 is 17.9 Å². The van der Waals surface area contributed by atoms with E-state index in [1.165, 1.54) is 83.1 Å². The van der Waals surface area contributed by atoms with Crippen molar-refractivity contribution < 1.29 is 19.4 Å². The number of allylic oxidation sites excluding steroid dienone is 2. The zero-order valence-corrected chi connectivity index (χ0v) is 18.7. The fraction of sp³-hybridized carbons (Fsp3) is 0.760. The van der Waals surface area contributed by atoms with Crippen molar-refractivity contribution in [3.05, 3.63) is 24.8 Å². The van der Waals surface area contributed by atoms with Gasteiger partial charge in [0.05, 0.1) is 12.3 Å². The molecule has 0 rings (SSSR count). The number of rotatable bonds is 21. The van der Waals surface area contributed by atoms with Crippen LogP contribution in [0.2, 0.25) is 0 Å². The lowest BCUT2D eigenvalue weighted by Gasteiger charge is -2.10. The minimum atomic E-state index is -0.935. The molecule has 1 unspecified atom stereocenters. The van der Waals surface area contributed by atoms with Crippen LogP contribution >= 0.6 is 0 Å². The first-order valence-corrected chi connectivity index (χ1v) is 11.8. The molecule has 4 heteroatoms. The topological polar surface area (TPSA) is 63.6 Å². The molecule has 1 atom stereocenters. The van der Waals surface area contributed by atoms with Crippen molar-refractivity contribution in [1.29, 1.82) is 0 Å². The average Bonchev–Trinajstić information content (AvgIpc) is 2.70. The second-order valence-corrected chi connectivity index (χ2v) is 7.94. The van der Waals surface area contributed by atoms with Crippen molar-refractivity contribution in [3.63, 3.8) is 0 Å². The maximum absolute atomic E-state index is 11.5. The zero-order valence-electron chi connectivity index (χ0n) is 18.7. The zero-order chi connectivity index (χ0) is 21.6. The Morgan fingerprint density at radius 2 is 1.38 bits per heavy atom. The van der Waals surface area contributed by atoms with Crippen LogP contribution in [-0.4, -0.2) is 23.7 Å². The molecule has 0 bridgehead atoms. The van der Waals surface area contributed by atoms with Gasteiger partial charge in [-0.05, 0) is 25.7 Å². The molecule has 29 heavy (non-hydrogen) atoms. The van der Waals surface area contributed by atoms with Crippen molar-refractivity contribution in [1.82, 2.24) is 0 Å². The van der Waals surface area contributed by atoms with Gasteiger partial charge in [-0.15, -0.1) is 0 Å². The van der Waals surface area contributed by atoms with E-state index in [1.807, 2.05) is 6.08 Å². The summed E-state index contributed by atoms with van der Waals surface area (Å²) in [5.41, 5.74) is 0. The number of hydrogen-bond acceptors (Lipinski definition) is 3. The lowest BCUT2D eigenvalue weighted by molar-refractivity contribution is -0.151. The second kappa shape index (κ2) is 21.1. The summed E-state index contributed by atoms with van der Waals surface area (Å²) in [5, 5.41) is 9.22. The first-order chi connectivity index (χ1) is 14.1. The first-order valence-electron chi connectivity index (χ1n) is 11.8. The molecule has 0 aliphatic heterocycles. The molecule has 0 aromatic heterocycles. The molecule has 0 aromatic carbocycles. The quantitative estimate of drug-likeness (QED) is 0.124. The van der Waals surface area contributed by atoms with E-state index in [-0.39, 0.29) is 13.0 Å². The Bertz CT molecular complexity index is 442. The number of carbonyl (C=O) groups is 2. The van der Waals surface area contributed by atoms with Gasteiger partial charge < -0.3 is 9.84 Å². The molecule has 0 aliphatic rings. The van der Waals surface area contributed by atoms with E-state index in [0.29, 0.717) is 12.8 Å². The summed E-state index contributed by atoms with van der Waals surface area (Å²) < 4.78 is 4.87. The third-order valence-electron chi connectivity index (χ3n) is 5.20. The van der Waals surface area contributed by atoms with Gasteiger partial charge in [-0.1, -0.05) is 102 Å². The van der Waals surface area contributed by atoms with Crippen LogP contribution in [0.25, 0.3) is 0 Å². The van der Waals surface area contributed by atoms with E-state index in [2.05, 4.69) is 19.6 Å². The molecular weight excluding hydrogens is 364 g/mol. The summed E-state index contributed by atoms with van der Waals surface area (Å²) >= 11 is 0. The van der Waals surface area contributed by atoms with Gasteiger partial charge in [-0.3, -0.25) is 9.59 Å². The molecular formula is C25H44O4. The maximum atomic E-state index is 11.5. The van der Waals surface area contributed by atoms with E-state index in [9.17, 15) is 14.7 Å². The van der Waals surface area contributed by atoms with Crippen LogP contribution in [0.15, 0.2) is 24.8 Å². The van der Waals surface area contributed by atoms with Crippen LogP contribution in [0.4, 0.5) is 0 Å². The molecule has 0 spiro atoms. The Morgan fingerprint density at radius 1 is 0.862 bits per heavy atom. The summed E-state index contributed by atoms with van der Waals surface area (Å²) in [5.74, 6) is -2.09. The van der Waals surface area contributed by atoms with E-state index in [1.54, 1.807) is 0 Å². The molecule has 0 radical (unpaired) electrons. The van der Waals surface area contributed by atoms with Crippen molar-refractivity contribution in [3.8, 4) is 0 Å². The van der Waals surface area contributed by atoms with Gasteiger partial charge in [0.1, 0.15) is 6.61 Å². The monoisotopic (exact) mass is 408 g/mol. The summed E-state index contributed by atoms with van der Waals surface area (Å²) in [6, 6.07) is 0. The second-order valence-electron chi connectivity index (χ2n) is 7.94. The summed E-state index contributed by atoms with van der Waals surface area (Å²) in [6.45, 7) is 5.86. The lowest BCUT2D eigenvalue weighted by Crippen LogP contribution is -2.19. The maximum Gasteiger partial charge on any atom is 0.307 e. The van der Waals surface area contributed by atoms with Crippen molar-refractivity contribution in [2.45, 2.75) is 110 Å². The molecule has 0 aliphatic carbocycles. The van der Waals surface area contributed by atoms with Gasteiger partial charge in [0.15, 0.2) is 0 Å². The third kappa shape index (κ3) is 19.5. The minimum Gasteiger partial charge on any atom is -0.481 e. The van der Waals surface area contributed by atoms with Crippen LogP contribution in [-0.2, 0) is 14.3 Å². The molecule has 0 amide bonds. The van der Waals surface area contributed by atoms with Gasteiger partial charge in [-0.2, -0.15) is 0 Å². The summed E-state index contributed by atoms with van der Waals surface area (Å²) in [6.07, 6.45) is 24.0.